The molecule has 1 atom stereocenters. The molecule has 0 saturated heterocycles. The van der Waals surface area contributed by atoms with Crippen LogP contribution in [0.2, 0.25) is 0 Å². The summed E-state index contributed by atoms with van der Waals surface area (Å²) in [6.07, 6.45) is 0. The van der Waals surface area contributed by atoms with Crippen molar-refractivity contribution in [3.8, 4) is 0 Å². The van der Waals surface area contributed by atoms with Gasteiger partial charge in [-0.15, -0.1) is 0 Å². The smallest absolute Gasteiger partial charge is 0.253 e. The van der Waals surface area contributed by atoms with Crippen LogP contribution in [0.15, 0.2) is 18.2 Å². The van der Waals surface area contributed by atoms with Gasteiger partial charge >= 0.3 is 0 Å². The number of hydrogen-bond acceptors (Lipinski definition) is 4. The fourth-order valence-corrected chi connectivity index (χ4v) is 1.79. The van der Waals surface area contributed by atoms with Crippen molar-refractivity contribution >= 4 is 17.3 Å². The fourth-order valence-electron chi connectivity index (χ4n) is 1.79. The number of nitrogens with one attached hydrogen (secondary N) is 2. The summed E-state index contributed by atoms with van der Waals surface area (Å²) >= 11 is 0. The third-order valence-corrected chi connectivity index (χ3v) is 2.72. The van der Waals surface area contributed by atoms with Gasteiger partial charge in [-0.3, -0.25) is 4.79 Å². The monoisotopic (exact) mass is 265 g/mol. The Bertz CT molecular complexity index is 421. The third kappa shape index (κ3) is 4.79. The van der Waals surface area contributed by atoms with Crippen LogP contribution in [0.5, 0.6) is 0 Å². The molecule has 0 fully saturated rings. The number of nitrogens with two attached hydrogens (primary N) is 1. The molecule has 1 amide bonds. The summed E-state index contributed by atoms with van der Waals surface area (Å²) in [5.74, 6) is 0.262. The Labute approximate surface area is 114 Å². The third-order valence-electron chi connectivity index (χ3n) is 2.72. The highest BCUT2D eigenvalue weighted by Gasteiger charge is 2.11. The molecular weight excluding hydrogens is 242 g/mol. The van der Waals surface area contributed by atoms with E-state index in [2.05, 4.69) is 17.6 Å². The van der Waals surface area contributed by atoms with E-state index in [0.29, 0.717) is 30.3 Å². The number of rotatable bonds is 7. The van der Waals surface area contributed by atoms with Gasteiger partial charge in [-0.05, 0) is 31.0 Å². The number of hydrogen-bond donors (Lipinski definition) is 3. The Hall–Kier alpha value is -1.75. The minimum absolute atomic E-state index is 0.0932. The lowest BCUT2D eigenvalue weighted by Crippen LogP contribution is -2.25. The molecular formula is C14H23N3O2. The number of amides is 1. The zero-order valence-electron chi connectivity index (χ0n) is 11.8. The molecule has 0 heterocycles. The predicted octanol–water partition coefficient (Wildman–Crippen LogP) is 1.71. The first-order chi connectivity index (χ1) is 9.08. The van der Waals surface area contributed by atoms with E-state index in [1.807, 2.05) is 6.92 Å². The van der Waals surface area contributed by atoms with Crippen LogP contribution in [0.3, 0.4) is 0 Å². The topological polar surface area (TPSA) is 76.4 Å². The summed E-state index contributed by atoms with van der Waals surface area (Å²) in [6, 6.07) is 5.25. The molecule has 0 bridgehead atoms. The molecule has 0 aromatic heterocycles. The lowest BCUT2D eigenvalue weighted by molar-refractivity contribution is 0.0956. The van der Waals surface area contributed by atoms with Gasteiger partial charge in [-0.1, -0.05) is 6.92 Å². The number of methoxy groups -OCH3 is 1. The molecule has 1 aromatic rings. The average molecular weight is 265 g/mol. The molecule has 19 heavy (non-hydrogen) atoms. The zero-order chi connectivity index (χ0) is 14.3. The lowest BCUT2D eigenvalue weighted by atomic mass is 10.1. The largest absolute Gasteiger partial charge is 0.399 e. The molecule has 5 heteroatoms. The Morgan fingerprint density at radius 3 is 2.84 bits per heavy atom. The maximum Gasteiger partial charge on any atom is 0.253 e. The van der Waals surface area contributed by atoms with Crippen molar-refractivity contribution in [3.05, 3.63) is 23.8 Å². The van der Waals surface area contributed by atoms with Crippen molar-refractivity contribution in [1.29, 1.82) is 0 Å². The predicted molar refractivity (Wildman–Crippen MR) is 78.4 cm³/mol. The Morgan fingerprint density at radius 1 is 1.47 bits per heavy atom. The number of nitrogen functional groups attached to an aromatic ring is 1. The second-order valence-corrected chi connectivity index (χ2v) is 4.61. The quantitative estimate of drug-likeness (QED) is 0.656. The van der Waals surface area contributed by atoms with Crippen molar-refractivity contribution in [2.45, 2.75) is 13.8 Å². The van der Waals surface area contributed by atoms with Gasteiger partial charge in [-0.25, -0.2) is 0 Å². The number of benzene rings is 1. The van der Waals surface area contributed by atoms with E-state index in [9.17, 15) is 4.79 Å². The van der Waals surface area contributed by atoms with Gasteiger partial charge in [0.2, 0.25) is 0 Å². The highest BCUT2D eigenvalue weighted by molar-refractivity contribution is 6.00. The Kier molecular flexibility index (Phi) is 6.15. The number of carbonyl (C=O) groups is 1. The highest BCUT2D eigenvalue weighted by Crippen LogP contribution is 2.19. The molecule has 1 rings (SSSR count). The van der Waals surface area contributed by atoms with Crippen molar-refractivity contribution in [1.82, 2.24) is 5.32 Å². The first kappa shape index (κ1) is 15.3. The maximum absolute atomic E-state index is 11.9. The van der Waals surface area contributed by atoms with Crippen molar-refractivity contribution in [2.75, 3.05) is 37.9 Å². The van der Waals surface area contributed by atoms with Crippen molar-refractivity contribution in [2.24, 2.45) is 5.92 Å². The molecule has 0 saturated carbocycles. The molecule has 1 aromatic carbocycles. The molecule has 1 unspecified atom stereocenters. The summed E-state index contributed by atoms with van der Waals surface area (Å²) in [5.41, 5.74) is 7.77. The number of anilines is 2. The fraction of sp³-hybridized carbons (Fsp3) is 0.500. The maximum atomic E-state index is 11.9. The van der Waals surface area contributed by atoms with E-state index in [4.69, 9.17) is 10.5 Å². The van der Waals surface area contributed by atoms with Gasteiger partial charge in [-0.2, -0.15) is 0 Å². The molecule has 0 spiro atoms. The average Bonchev–Trinajstić information content (AvgIpc) is 2.37. The van der Waals surface area contributed by atoms with Gasteiger partial charge < -0.3 is 21.1 Å². The summed E-state index contributed by atoms with van der Waals surface area (Å²) in [6.45, 7) is 5.97. The van der Waals surface area contributed by atoms with Crippen LogP contribution in [0.25, 0.3) is 0 Å². The second kappa shape index (κ2) is 7.63. The van der Waals surface area contributed by atoms with Gasteiger partial charge in [0.15, 0.2) is 0 Å². The van der Waals surface area contributed by atoms with Crippen LogP contribution < -0.4 is 16.4 Å². The summed E-state index contributed by atoms with van der Waals surface area (Å²) in [4.78, 5) is 11.9. The van der Waals surface area contributed by atoms with Crippen LogP contribution in [0, 0.1) is 5.92 Å². The molecule has 5 nitrogen and oxygen atoms in total. The molecule has 4 N–H and O–H groups in total. The lowest BCUT2D eigenvalue weighted by Gasteiger charge is -2.16. The minimum atomic E-state index is -0.0932. The molecule has 0 aliphatic heterocycles. The van der Waals surface area contributed by atoms with Gasteiger partial charge in [0.05, 0.1) is 12.2 Å². The van der Waals surface area contributed by atoms with Crippen LogP contribution >= 0.6 is 0 Å². The van der Waals surface area contributed by atoms with Gasteiger partial charge in [0.1, 0.15) is 0 Å². The zero-order valence-corrected chi connectivity index (χ0v) is 11.8. The second-order valence-electron chi connectivity index (χ2n) is 4.61. The van der Waals surface area contributed by atoms with E-state index in [1.54, 1.807) is 25.3 Å². The number of ether oxygens (including phenoxy) is 1. The molecule has 0 aliphatic rings. The summed E-state index contributed by atoms with van der Waals surface area (Å²) in [7, 11) is 1.68. The normalized spacial score (nSPS) is 11.9. The first-order valence-electron chi connectivity index (χ1n) is 6.49. The summed E-state index contributed by atoms with van der Waals surface area (Å²) < 4.78 is 5.09. The highest BCUT2D eigenvalue weighted by atomic mass is 16.5. The van der Waals surface area contributed by atoms with Crippen molar-refractivity contribution in [3.63, 3.8) is 0 Å². The first-order valence-corrected chi connectivity index (χ1v) is 6.49. The number of carbonyl (C=O) groups excluding carboxylic acids is 1. The van der Waals surface area contributed by atoms with Crippen LogP contribution in [-0.4, -0.2) is 32.7 Å². The van der Waals surface area contributed by atoms with E-state index in [1.165, 1.54) is 0 Å². The van der Waals surface area contributed by atoms with E-state index < -0.39 is 0 Å². The van der Waals surface area contributed by atoms with Gasteiger partial charge in [0.25, 0.3) is 5.91 Å². The van der Waals surface area contributed by atoms with Crippen LogP contribution in [0.1, 0.15) is 24.2 Å². The van der Waals surface area contributed by atoms with E-state index in [-0.39, 0.29) is 5.91 Å². The van der Waals surface area contributed by atoms with E-state index >= 15 is 0 Å². The van der Waals surface area contributed by atoms with E-state index in [0.717, 1.165) is 12.2 Å². The van der Waals surface area contributed by atoms with Crippen molar-refractivity contribution < 1.29 is 9.53 Å². The Balaban J connectivity index is 2.79. The standard InChI is InChI=1S/C14H23N3O2/c1-4-16-14(18)12-6-5-11(15)7-13(12)17-8-10(2)9-19-3/h5-7,10,17H,4,8-9,15H2,1-3H3,(H,16,18). The molecule has 0 radical (unpaired) electrons. The SMILES string of the molecule is CCNC(=O)c1ccc(N)cc1NCC(C)COC. The van der Waals surface area contributed by atoms with Crippen LogP contribution in [0.4, 0.5) is 11.4 Å². The molecule has 0 aliphatic carbocycles. The Morgan fingerprint density at radius 2 is 2.21 bits per heavy atom. The van der Waals surface area contributed by atoms with Gasteiger partial charge in [0, 0.05) is 31.6 Å². The molecule has 106 valence electrons. The minimum Gasteiger partial charge on any atom is -0.399 e. The van der Waals surface area contributed by atoms with Crippen LogP contribution in [-0.2, 0) is 4.74 Å². The summed E-state index contributed by atoms with van der Waals surface area (Å²) in [5, 5.41) is 6.05.